The van der Waals surface area contributed by atoms with Gasteiger partial charge >= 0.3 is 5.97 Å². The van der Waals surface area contributed by atoms with Crippen molar-refractivity contribution in [1.29, 1.82) is 0 Å². The maximum absolute atomic E-state index is 12.5. The molecule has 25 heavy (non-hydrogen) atoms. The number of benzene rings is 1. The molecule has 9 heteroatoms. The summed E-state index contributed by atoms with van der Waals surface area (Å²) in [5.74, 6) is -0.810. The van der Waals surface area contributed by atoms with Crippen molar-refractivity contribution >= 4 is 45.0 Å². The molecule has 1 amide bonds. The van der Waals surface area contributed by atoms with Crippen LogP contribution in [-0.2, 0) is 16.1 Å². The van der Waals surface area contributed by atoms with Gasteiger partial charge in [-0.05, 0) is 49.5 Å². The van der Waals surface area contributed by atoms with Gasteiger partial charge in [-0.3, -0.25) is 9.59 Å². The zero-order chi connectivity index (χ0) is 18.1. The molecule has 0 aliphatic carbocycles. The second kappa shape index (κ2) is 6.85. The van der Waals surface area contributed by atoms with E-state index in [0.717, 1.165) is 32.9 Å². The molecule has 0 N–H and O–H groups in total. The maximum atomic E-state index is 12.5. The van der Waals surface area contributed by atoms with Gasteiger partial charge in [0.1, 0.15) is 11.4 Å². The number of thiazole rings is 1. The van der Waals surface area contributed by atoms with E-state index < -0.39 is 11.9 Å². The summed E-state index contributed by atoms with van der Waals surface area (Å²) >= 11 is 2.39. The fourth-order valence-electron chi connectivity index (χ4n) is 2.51. The highest BCUT2D eigenvalue weighted by atomic mass is 32.1. The smallest absolute Gasteiger partial charge is 0.325 e. The lowest BCUT2D eigenvalue weighted by molar-refractivity contribution is -0.141. The number of carbonyl (C=O) groups excluding carboxylic acids is 2. The molecule has 7 nitrogen and oxygen atoms in total. The number of amides is 1. The Labute approximate surface area is 151 Å². The van der Waals surface area contributed by atoms with E-state index in [4.69, 9.17) is 4.74 Å². The lowest BCUT2D eigenvalue weighted by atomic mass is 10.1. The number of rotatable bonds is 3. The van der Waals surface area contributed by atoms with Crippen LogP contribution in [0.25, 0.3) is 10.2 Å². The van der Waals surface area contributed by atoms with Crippen molar-refractivity contribution in [3.63, 3.8) is 0 Å². The monoisotopic (exact) mass is 376 g/mol. The molecule has 0 radical (unpaired) electrons. The van der Waals surface area contributed by atoms with Crippen molar-refractivity contribution in [2.24, 2.45) is 4.99 Å². The summed E-state index contributed by atoms with van der Waals surface area (Å²) in [7, 11) is 1.34. The van der Waals surface area contributed by atoms with E-state index in [-0.39, 0.29) is 6.54 Å². The molecule has 0 atom stereocenters. The minimum absolute atomic E-state index is 0.00850. The third-order valence-corrected chi connectivity index (χ3v) is 5.72. The molecule has 2 aromatic heterocycles. The summed E-state index contributed by atoms with van der Waals surface area (Å²) in [6.07, 6.45) is 0. The van der Waals surface area contributed by atoms with Gasteiger partial charge in [0.25, 0.3) is 5.91 Å². The Morgan fingerprint density at radius 1 is 1.28 bits per heavy atom. The lowest BCUT2D eigenvalue weighted by Crippen LogP contribution is -2.22. The second-order valence-electron chi connectivity index (χ2n) is 5.58. The number of aryl methyl sites for hydroxylation is 3. The second-order valence-corrected chi connectivity index (χ2v) is 7.31. The summed E-state index contributed by atoms with van der Waals surface area (Å²) < 4.78 is 11.3. The van der Waals surface area contributed by atoms with Gasteiger partial charge in [-0.25, -0.2) is 0 Å². The van der Waals surface area contributed by atoms with Crippen LogP contribution >= 0.6 is 22.9 Å². The van der Waals surface area contributed by atoms with Gasteiger partial charge in [-0.2, -0.15) is 4.99 Å². The van der Waals surface area contributed by atoms with Gasteiger partial charge in [-0.15, -0.1) is 5.10 Å². The third-order valence-electron chi connectivity index (χ3n) is 3.67. The summed E-state index contributed by atoms with van der Waals surface area (Å²) in [5, 5.41) is 3.84. The van der Waals surface area contributed by atoms with Gasteiger partial charge in [0, 0.05) is 0 Å². The van der Waals surface area contributed by atoms with Gasteiger partial charge in [0.05, 0.1) is 23.0 Å². The van der Waals surface area contributed by atoms with Gasteiger partial charge < -0.3 is 9.30 Å². The minimum Gasteiger partial charge on any atom is -0.468 e. The van der Waals surface area contributed by atoms with Crippen LogP contribution < -0.4 is 4.80 Å². The van der Waals surface area contributed by atoms with E-state index in [9.17, 15) is 9.59 Å². The van der Waals surface area contributed by atoms with Gasteiger partial charge in [-0.1, -0.05) is 21.9 Å². The molecule has 2 heterocycles. The fourth-order valence-corrected chi connectivity index (χ4v) is 4.13. The van der Waals surface area contributed by atoms with E-state index in [1.807, 2.05) is 19.9 Å². The van der Waals surface area contributed by atoms with E-state index >= 15 is 0 Å². The molecule has 0 unspecified atom stereocenters. The van der Waals surface area contributed by atoms with Crippen molar-refractivity contribution in [1.82, 2.24) is 14.2 Å². The molecule has 3 aromatic rings. The van der Waals surface area contributed by atoms with Crippen LogP contribution in [0.5, 0.6) is 0 Å². The van der Waals surface area contributed by atoms with Crippen molar-refractivity contribution in [3.05, 3.63) is 38.6 Å². The Kier molecular flexibility index (Phi) is 4.78. The van der Waals surface area contributed by atoms with Crippen LogP contribution in [0.1, 0.15) is 26.5 Å². The molecule has 0 aliphatic rings. The number of hydrogen-bond acceptors (Lipinski definition) is 7. The SMILES string of the molecule is COC(=O)Cn1c(=NC(=O)c2snnc2C)sc2c(C)cc(C)cc21. The molecule has 3 rings (SSSR count). The highest BCUT2D eigenvalue weighted by Crippen LogP contribution is 2.23. The fraction of sp³-hybridized carbons (Fsp3) is 0.312. The van der Waals surface area contributed by atoms with Crippen molar-refractivity contribution in [2.45, 2.75) is 27.3 Å². The van der Waals surface area contributed by atoms with E-state index in [1.165, 1.54) is 18.4 Å². The standard InChI is InChI=1S/C16H16N4O3S2/c1-8-5-9(2)13-11(6-8)20(7-12(21)23-4)16(24-13)17-15(22)14-10(3)18-19-25-14/h5-6H,7H2,1-4H3. The predicted molar refractivity (Wildman–Crippen MR) is 95.8 cm³/mol. The van der Waals surface area contributed by atoms with Crippen molar-refractivity contribution in [2.75, 3.05) is 7.11 Å². The Hall–Kier alpha value is -2.39. The van der Waals surface area contributed by atoms with Crippen LogP contribution in [0.2, 0.25) is 0 Å². The zero-order valence-corrected chi connectivity index (χ0v) is 15.8. The molecule has 0 bridgehead atoms. The number of aromatic nitrogens is 3. The molecular formula is C16H16N4O3S2. The maximum Gasteiger partial charge on any atom is 0.325 e. The number of hydrogen-bond donors (Lipinski definition) is 0. The summed E-state index contributed by atoms with van der Waals surface area (Å²) in [5.41, 5.74) is 3.55. The molecule has 0 saturated carbocycles. The highest BCUT2D eigenvalue weighted by Gasteiger charge is 2.16. The minimum atomic E-state index is -0.410. The first-order valence-electron chi connectivity index (χ1n) is 7.46. The molecule has 0 fully saturated rings. The van der Waals surface area contributed by atoms with E-state index in [0.29, 0.717) is 15.4 Å². The first kappa shape index (κ1) is 17.4. The number of fused-ring (bicyclic) bond motifs is 1. The molecule has 0 saturated heterocycles. The molecule has 130 valence electrons. The van der Waals surface area contributed by atoms with Crippen LogP contribution in [0.4, 0.5) is 0 Å². The summed E-state index contributed by atoms with van der Waals surface area (Å²) in [4.78, 5) is 29.4. The van der Waals surface area contributed by atoms with Crippen LogP contribution in [0.3, 0.4) is 0 Å². The van der Waals surface area contributed by atoms with Crippen molar-refractivity contribution < 1.29 is 14.3 Å². The lowest BCUT2D eigenvalue weighted by Gasteiger charge is -2.05. The normalized spacial score (nSPS) is 11.9. The Bertz CT molecular complexity index is 1050. The summed E-state index contributed by atoms with van der Waals surface area (Å²) in [6, 6.07) is 4.04. The van der Waals surface area contributed by atoms with Crippen molar-refractivity contribution in [3.8, 4) is 0 Å². The number of carbonyl (C=O) groups is 2. The summed E-state index contributed by atoms with van der Waals surface area (Å²) in [6.45, 7) is 5.69. The van der Waals surface area contributed by atoms with E-state index in [1.54, 1.807) is 11.5 Å². The van der Waals surface area contributed by atoms with Gasteiger partial charge in [0.15, 0.2) is 4.80 Å². The Morgan fingerprint density at radius 2 is 2.04 bits per heavy atom. The molecule has 0 aliphatic heterocycles. The van der Waals surface area contributed by atoms with Crippen LogP contribution in [-0.4, -0.2) is 33.1 Å². The average molecular weight is 376 g/mol. The molecule has 0 spiro atoms. The van der Waals surface area contributed by atoms with Crippen LogP contribution in [0.15, 0.2) is 17.1 Å². The zero-order valence-electron chi connectivity index (χ0n) is 14.2. The topological polar surface area (TPSA) is 86.4 Å². The average Bonchev–Trinajstić information content (AvgIpc) is 3.12. The highest BCUT2D eigenvalue weighted by molar-refractivity contribution is 7.16. The van der Waals surface area contributed by atoms with Gasteiger partial charge in [0.2, 0.25) is 0 Å². The molecular weight excluding hydrogens is 360 g/mol. The molecule has 1 aromatic carbocycles. The number of esters is 1. The largest absolute Gasteiger partial charge is 0.468 e. The first-order chi connectivity index (χ1) is 11.9. The predicted octanol–water partition coefficient (Wildman–Crippen LogP) is 2.39. The Balaban J connectivity index is 2.23. The number of nitrogens with zero attached hydrogens (tertiary/aromatic N) is 4. The number of methoxy groups -OCH3 is 1. The Morgan fingerprint density at radius 3 is 2.68 bits per heavy atom. The third kappa shape index (κ3) is 3.38. The van der Waals surface area contributed by atoms with E-state index in [2.05, 4.69) is 20.6 Å². The quantitative estimate of drug-likeness (QED) is 0.655. The number of ether oxygens (including phenoxy) is 1. The van der Waals surface area contributed by atoms with Crippen LogP contribution in [0, 0.1) is 20.8 Å². The first-order valence-corrected chi connectivity index (χ1v) is 9.05.